The van der Waals surface area contributed by atoms with Crippen LogP contribution in [0.15, 0.2) is 22.8 Å². The first-order valence-corrected chi connectivity index (χ1v) is 6.47. The Morgan fingerprint density at radius 2 is 1.80 bits per heavy atom. The standard InChI is InChI=1S/C13H20N4O.2ClH/c1-3-17(4-2)8-7-14-10-11-5-6-12-13(9-11)16-18-15-12;;/h5-6,9,14H,3-4,7-8,10H2,1-2H3;2*1H. The molecule has 0 aliphatic heterocycles. The third kappa shape index (κ3) is 5.25. The quantitative estimate of drug-likeness (QED) is 0.794. The molecule has 0 saturated heterocycles. The summed E-state index contributed by atoms with van der Waals surface area (Å²) in [4.78, 5) is 2.40. The van der Waals surface area contributed by atoms with Crippen LogP contribution in [0.3, 0.4) is 0 Å². The van der Waals surface area contributed by atoms with E-state index in [9.17, 15) is 0 Å². The molecule has 0 aliphatic rings. The lowest BCUT2D eigenvalue weighted by molar-refractivity contribution is 0.302. The van der Waals surface area contributed by atoms with E-state index < -0.39 is 0 Å². The molecule has 0 bridgehead atoms. The number of hydrogen-bond donors (Lipinski definition) is 1. The van der Waals surface area contributed by atoms with E-state index in [0.717, 1.165) is 43.8 Å². The summed E-state index contributed by atoms with van der Waals surface area (Å²) in [5.74, 6) is 0. The van der Waals surface area contributed by atoms with Crippen LogP contribution in [-0.4, -0.2) is 41.4 Å². The minimum absolute atomic E-state index is 0. The maximum absolute atomic E-state index is 4.68. The van der Waals surface area contributed by atoms with Crippen LogP contribution in [0.4, 0.5) is 0 Å². The molecule has 0 aliphatic carbocycles. The van der Waals surface area contributed by atoms with E-state index in [0.29, 0.717) is 0 Å². The third-order valence-corrected chi connectivity index (χ3v) is 3.15. The Morgan fingerprint density at radius 1 is 1.10 bits per heavy atom. The van der Waals surface area contributed by atoms with Gasteiger partial charge in [-0.15, -0.1) is 24.8 Å². The molecule has 2 aromatic rings. The predicted molar refractivity (Wildman–Crippen MR) is 85.8 cm³/mol. The van der Waals surface area contributed by atoms with Crippen molar-refractivity contribution < 1.29 is 4.63 Å². The molecule has 20 heavy (non-hydrogen) atoms. The molecule has 1 aromatic carbocycles. The maximum Gasteiger partial charge on any atom is 0.135 e. The van der Waals surface area contributed by atoms with Gasteiger partial charge in [-0.05, 0) is 41.1 Å². The molecule has 114 valence electrons. The first kappa shape index (κ1) is 19.1. The molecule has 2 rings (SSSR count). The van der Waals surface area contributed by atoms with Crippen molar-refractivity contribution in [3.05, 3.63) is 23.8 Å². The van der Waals surface area contributed by atoms with Gasteiger partial charge < -0.3 is 10.2 Å². The number of benzene rings is 1. The van der Waals surface area contributed by atoms with Crippen molar-refractivity contribution >= 4 is 35.8 Å². The van der Waals surface area contributed by atoms with Crippen molar-refractivity contribution in [2.24, 2.45) is 0 Å². The zero-order valence-electron chi connectivity index (χ0n) is 11.8. The highest BCUT2D eigenvalue weighted by Crippen LogP contribution is 2.11. The summed E-state index contributed by atoms with van der Waals surface area (Å²) < 4.78 is 4.68. The second-order valence-electron chi connectivity index (χ2n) is 4.29. The molecule has 7 heteroatoms. The van der Waals surface area contributed by atoms with Crippen molar-refractivity contribution in [1.29, 1.82) is 0 Å². The van der Waals surface area contributed by atoms with Crippen LogP contribution in [0.2, 0.25) is 0 Å². The van der Waals surface area contributed by atoms with Crippen molar-refractivity contribution in [2.75, 3.05) is 26.2 Å². The van der Waals surface area contributed by atoms with E-state index in [-0.39, 0.29) is 24.8 Å². The highest BCUT2D eigenvalue weighted by Gasteiger charge is 2.02. The number of nitrogens with one attached hydrogen (secondary N) is 1. The molecule has 0 saturated carbocycles. The molecule has 0 radical (unpaired) electrons. The molecule has 0 spiro atoms. The van der Waals surface area contributed by atoms with E-state index in [1.807, 2.05) is 12.1 Å². The summed E-state index contributed by atoms with van der Waals surface area (Å²) in [6.07, 6.45) is 0. The zero-order chi connectivity index (χ0) is 12.8. The normalized spacial score (nSPS) is 10.3. The molecule has 1 N–H and O–H groups in total. The number of hydrogen-bond acceptors (Lipinski definition) is 5. The van der Waals surface area contributed by atoms with Crippen molar-refractivity contribution in [3.8, 4) is 0 Å². The molecular weight excluding hydrogens is 299 g/mol. The minimum Gasteiger partial charge on any atom is -0.311 e. The van der Waals surface area contributed by atoms with E-state index >= 15 is 0 Å². The lowest BCUT2D eigenvalue weighted by Gasteiger charge is -2.17. The van der Waals surface area contributed by atoms with Crippen LogP contribution in [0.1, 0.15) is 19.4 Å². The van der Waals surface area contributed by atoms with Crippen LogP contribution in [-0.2, 0) is 6.54 Å². The Bertz CT molecular complexity index is 488. The second kappa shape index (κ2) is 9.94. The number of likely N-dealkylation sites (N-methyl/N-ethyl adjacent to an activating group) is 1. The van der Waals surface area contributed by atoms with Crippen LogP contribution in [0.25, 0.3) is 11.0 Å². The summed E-state index contributed by atoms with van der Waals surface area (Å²) in [6.45, 7) is 9.52. The van der Waals surface area contributed by atoms with Gasteiger partial charge in [0.05, 0.1) is 0 Å². The van der Waals surface area contributed by atoms with E-state index in [1.165, 1.54) is 5.56 Å². The van der Waals surface area contributed by atoms with Gasteiger partial charge in [0.15, 0.2) is 0 Å². The lowest BCUT2D eigenvalue weighted by Crippen LogP contribution is -2.31. The van der Waals surface area contributed by atoms with Gasteiger partial charge in [0.25, 0.3) is 0 Å². The monoisotopic (exact) mass is 320 g/mol. The number of halogens is 2. The Morgan fingerprint density at radius 3 is 2.50 bits per heavy atom. The third-order valence-electron chi connectivity index (χ3n) is 3.15. The van der Waals surface area contributed by atoms with Gasteiger partial charge in [-0.1, -0.05) is 19.9 Å². The number of fused-ring (bicyclic) bond motifs is 1. The van der Waals surface area contributed by atoms with Gasteiger partial charge in [-0.2, -0.15) is 0 Å². The molecule has 0 unspecified atom stereocenters. The summed E-state index contributed by atoms with van der Waals surface area (Å²) in [7, 11) is 0. The first-order chi connectivity index (χ1) is 8.83. The first-order valence-electron chi connectivity index (χ1n) is 6.47. The second-order valence-corrected chi connectivity index (χ2v) is 4.29. The Hall–Kier alpha value is -0.880. The molecule has 0 fully saturated rings. The zero-order valence-corrected chi connectivity index (χ0v) is 13.5. The summed E-state index contributed by atoms with van der Waals surface area (Å²) >= 11 is 0. The molecule has 0 amide bonds. The maximum atomic E-state index is 4.68. The van der Waals surface area contributed by atoms with Crippen LogP contribution < -0.4 is 5.32 Å². The molecule has 0 atom stereocenters. The van der Waals surface area contributed by atoms with Gasteiger partial charge in [0.1, 0.15) is 11.0 Å². The summed E-state index contributed by atoms with van der Waals surface area (Å²) in [5.41, 5.74) is 2.83. The highest BCUT2D eigenvalue weighted by molar-refractivity contribution is 5.85. The van der Waals surface area contributed by atoms with Gasteiger partial charge in [0.2, 0.25) is 0 Å². The van der Waals surface area contributed by atoms with E-state index in [2.05, 4.69) is 45.1 Å². The van der Waals surface area contributed by atoms with Crippen molar-refractivity contribution in [2.45, 2.75) is 20.4 Å². The van der Waals surface area contributed by atoms with Crippen LogP contribution in [0.5, 0.6) is 0 Å². The van der Waals surface area contributed by atoms with E-state index in [1.54, 1.807) is 0 Å². The number of rotatable bonds is 7. The lowest BCUT2D eigenvalue weighted by atomic mass is 10.2. The van der Waals surface area contributed by atoms with Crippen LogP contribution in [0, 0.1) is 0 Å². The predicted octanol–water partition coefficient (Wildman–Crippen LogP) is 2.50. The Labute approximate surface area is 131 Å². The smallest absolute Gasteiger partial charge is 0.135 e. The Kier molecular flexibility index (Phi) is 9.50. The van der Waals surface area contributed by atoms with Crippen LogP contribution >= 0.6 is 24.8 Å². The number of nitrogens with zero attached hydrogens (tertiary/aromatic N) is 3. The topological polar surface area (TPSA) is 54.2 Å². The fourth-order valence-corrected chi connectivity index (χ4v) is 1.95. The molecule has 1 aromatic heterocycles. The van der Waals surface area contributed by atoms with Gasteiger partial charge in [-0.25, -0.2) is 4.63 Å². The Balaban J connectivity index is 0.00000180. The van der Waals surface area contributed by atoms with Crippen molar-refractivity contribution in [1.82, 2.24) is 20.5 Å². The van der Waals surface area contributed by atoms with Gasteiger partial charge in [-0.3, -0.25) is 0 Å². The average molecular weight is 321 g/mol. The number of aromatic nitrogens is 2. The van der Waals surface area contributed by atoms with Gasteiger partial charge >= 0.3 is 0 Å². The molecule has 5 nitrogen and oxygen atoms in total. The molecule has 1 heterocycles. The largest absolute Gasteiger partial charge is 0.311 e. The van der Waals surface area contributed by atoms with E-state index in [4.69, 9.17) is 0 Å². The highest BCUT2D eigenvalue weighted by atomic mass is 35.5. The fourth-order valence-electron chi connectivity index (χ4n) is 1.95. The SMILES string of the molecule is CCN(CC)CCNCc1ccc2nonc2c1.Cl.Cl. The fraction of sp³-hybridized carbons (Fsp3) is 0.538. The average Bonchev–Trinajstić information content (AvgIpc) is 2.86. The van der Waals surface area contributed by atoms with Crippen molar-refractivity contribution in [3.63, 3.8) is 0 Å². The summed E-state index contributed by atoms with van der Waals surface area (Å²) in [5, 5.41) is 11.1. The molecular formula is C13H22Cl2N4O. The minimum atomic E-state index is 0. The summed E-state index contributed by atoms with van der Waals surface area (Å²) in [6, 6.07) is 6.00. The van der Waals surface area contributed by atoms with Gasteiger partial charge in [0, 0.05) is 19.6 Å².